The molecule has 6 heteroatoms. The lowest BCUT2D eigenvalue weighted by atomic mass is 10.1. The highest BCUT2D eigenvalue weighted by molar-refractivity contribution is 14.1. The van der Waals surface area contributed by atoms with Gasteiger partial charge in [-0.25, -0.2) is 9.18 Å². The van der Waals surface area contributed by atoms with E-state index in [-0.39, 0.29) is 25.4 Å². The Kier molecular flexibility index (Phi) is 3.80. The fourth-order valence-electron chi connectivity index (χ4n) is 2.13. The van der Waals surface area contributed by atoms with Gasteiger partial charge >= 0.3 is 5.97 Å². The van der Waals surface area contributed by atoms with E-state index >= 15 is 0 Å². The molecule has 1 fully saturated rings. The number of hydrogen-bond donors (Lipinski definition) is 1. The molecule has 1 amide bonds. The summed E-state index contributed by atoms with van der Waals surface area (Å²) < 4.78 is 14.9. The van der Waals surface area contributed by atoms with Crippen LogP contribution in [0.5, 0.6) is 0 Å². The number of aliphatic carboxylic acids is 1. The molecular weight excluding hydrogens is 364 g/mol. The van der Waals surface area contributed by atoms with Crippen LogP contribution in [0.3, 0.4) is 0 Å². The van der Waals surface area contributed by atoms with E-state index in [2.05, 4.69) is 22.6 Å². The lowest BCUT2D eigenvalue weighted by molar-refractivity contribution is -0.149. The average molecular weight is 377 g/mol. The third kappa shape index (κ3) is 2.58. The molecule has 0 aliphatic carbocycles. The van der Waals surface area contributed by atoms with Crippen LogP contribution in [0.4, 0.5) is 4.39 Å². The van der Waals surface area contributed by atoms with Gasteiger partial charge in [0.15, 0.2) is 0 Å². The maximum absolute atomic E-state index is 13.9. The van der Waals surface area contributed by atoms with Gasteiger partial charge < -0.3 is 10.0 Å². The van der Waals surface area contributed by atoms with Gasteiger partial charge in [0, 0.05) is 22.1 Å². The summed E-state index contributed by atoms with van der Waals surface area (Å²) in [7, 11) is 0. The second-order valence-electron chi connectivity index (χ2n) is 4.66. The van der Waals surface area contributed by atoms with Gasteiger partial charge in [0.05, 0.1) is 6.54 Å². The number of carboxylic acid groups (broad SMARTS) is 1. The molecule has 1 unspecified atom stereocenters. The fourth-order valence-corrected chi connectivity index (χ4v) is 2.63. The molecule has 1 atom stereocenters. The van der Waals surface area contributed by atoms with Crippen molar-refractivity contribution < 1.29 is 19.1 Å². The number of rotatable bonds is 2. The molecule has 4 nitrogen and oxygen atoms in total. The number of nitrogens with zero attached hydrogens (tertiary/aromatic N) is 1. The van der Waals surface area contributed by atoms with E-state index < -0.39 is 11.6 Å². The molecule has 0 saturated carbocycles. The quantitative estimate of drug-likeness (QED) is 0.805. The van der Waals surface area contributed by atoms with Crippen molar-refractivity contribution in [1.29, 1.82) is 0 Å². The number of carbonyl (C=O) groups is 2. The van der Waals surface area contributed by atoms with Gasteiger partial charge in [-0.1, -0.05) is 6.07 Å². The van der Waals surface area contributed by atoms with Crippen molar-refractivity contribution in [2.75, 3.05) is 13.1 Å². The molecule has 1 aliphatic rings. The van der Waals surface area contributed by atoms with Gasteiger partial charge in [0.1, 0.15) is 0 Å². The topological polar surface area (TPSA) is 57.6 Å². The Bertz CT molecular complexity index is 549. The highest BCUT2D eigenvalue weighted by Crippen LogP contribution is 2.28. The molecule has 0 aromatic heterocycles. The molecule has 19 heavy (non-hydrogen) atoms. The first-order valence-corrected chi connectivity index (χ1v) is 6.90. The zero-order valence-corrected chi connectivity index (χ0v) is 12.5. The Morgan fingerprint density at radius 3 is 2.74 bits per heavy atom. The van der Waals surface area contributed by atoms with Crippen molar-refractivity contribution in [3.63, 3.8) is 0 Å². The van der Waals surface area contributed by atoms with E-state index in [1.165, 1.54) is 4.90 Å². The molecule has 1 aromatic carbocycles. The molecule has 1 saturated heterocycles. The minimum absolute atomic E-state index is 0.131. The molecular formula is C13H13FINO3. The Morgan fingerprint density at radius 1 is 1.47 bits per heavy atom. The van der Waals surface area contributed by atoms with Crippen LogP contribution in [0.25, 0.3) is 0 Å². The SMILES string of the molecule is Cc1c(I)cccc1C(=O)N1CCC(F)(C(=O)O)C1. The number of halogens is 2. The molecule has 0 spiro atoms. The smallest absolute Gasteiger partial charge is 0.343 e. The minimum atomic E-state index is -2.31. The molecule has 0 radical (unpaired) electrons. The number of alkyl halides is 1. The largest absolute Gasteiger partial charge is 0.479 e. The summed E-state index contributed by atoms with van der Waals surface area (Å²) in [5, 5.41) is 8.83. The monoisotopic (exact) mass is 377 g/mol. The van der Waals surface area contributed by atoms with E-state index in [1.54, 1.807) is 12.1 Å². The number of amides is 1. The molecule has 1 aromatic rings. The average Bonchev–Trinajstić information content (AvgIpc) is 2.76. The summed E-state index contributed by atoms with van der Waals surface area (Å²) in [5.74, 6) is -1.81. The number of benzene rings is 1. The predicted octanol–water partition coefficient (Wildman–Crippen LogP) is 2.24. The van der Waals surface area contributed by atoms with Crippen LogP contribution in [0.1, 0.15) is 22.3 Å². The van der Waals surface area contributed by atoms with Gasteiger partial charge in [-0.15, -0.1) is 0 Å². The Balaban J connectivity index is 2.23. The maximum Gasteiger partial charge on any atom is 0.343 e. The van der Waals surface area contributed by atoms with Crippen LogP contribution in [0.15, 0.2) is 18.2 Å². The lowest BCUT2D eigenvalue weighted by Crippen LogP contribution is -2.39. The van der Waals surface area contributed by atoms with E-state index in [9.17, 15) is 14.0 Å². The van der Waals surface area contributed by atoms with E-state index in [4.69, 9.17) is 5.11 Å². The molecule has 2 rings (SSSR count). The van der Waals surface area contributed by atoms with Crippen LogP contribution >= 0.6 is 22.6 Å². The van der Waals surface area contributed by atoms with Crippen LogP contribution in [-0.4, -0.2) is 40.6 Å². The molecule has 1 heterocycles. The second-order valence-corrected chi connectivity index (χ2v) is 5.82. The summed E-state index contributed by atoms with van der Waals surface area (Å²) in [4.78, 5) is 24.4. The van der Waals surface area contributed by atoms with E-state index in [0.717, 1.165) is 9.13 Å². The summed E-state index contributed by atoms with van der Waals surface area (Å²) >= 11 is 2.13. The number of carbonyl (C=O) groups excluding carboxylic acids is 1. The second kappa shape index (κ2) is 5.07. The van der Waals surface area contributed by atoms with Crippen molar-refractivity contribution in [3.8, 4) is 0 Å². The molecule has 1 aliphatic heterocycles. The van der Waals surface area contributed by atoms with Gasteiger partial charge in [-0.2, -0.15) is 0 Å². The lowest BCUT2D eigenvalue weighted by Gasteiger charge is -2.19. The highest BCUT2D eigenvalue weighted by Gasteiger charge is 2.47. The molecule has 102 valence electrons. The number of hydrogen-bond acceptors (Lipinski definition) is 2. The first kappa shape index (κ1) is 14.2. The van der Waals surface area contributed by atoms with Crippen LogP contribution in [-0.2, 0) is 4.79 Å². The van der Waals surface area contributed by atoms with Crippen molar-refractivity contribution in [2.24, 2.45) is 0 Å². The molecule has 0 bridgehead atoms. The fraction of sp³-hybridized carbons (Fsp3) is 0.385. The summed E-state index contributed by atoms with van der Waals surface area (Å²) in [6, 6.07) is 5.32. The standard InChI is InChI=1S/C13H13FINO3/c1-8-9(3-2-4-10(8)15)11(17)16-6-5-13(14,7-16)12(18)19/h2-4H,5-7H2,1H3,(H,18,19). The van der Waals surface area contributed by atoms with Crippen molar-refractivity contribution in [3.05, 3.63) is 32.9 Å². The molecule has 1 N–H and O–H groups in total. The van der Waals surface area contributed by atoms with Gasteiger partial charge in [0.25, 0.3) is 5.91 Å². The van der Waals surface area contributed by atoms with E-state index in [0.29, 0.717) is 5.56 Å². The van der Waals surface area contributed by atoms with Crippen molar-refractivity contribution in [1.82, 2.24) is 4.90 Å². The normalized spacial score (nSPS) is 22.6. The van der Waals surface area contributed by atoms with Crippen LogP contribution in [0.2, 0.25) is 0 Å². The van der Waals surface area contributed by atoms with E-state index in [1.807, 2.05) is 13.0 Å². The summed E-state index contributed by atoms with van der Waals surface area (Å²) in [6.45, 7) is 1.57. The third-order valence-electron chi connectivity index (χ3n) is 3.39. The number of carboxylic acids is 1. The van der Waals surface area contributed by atoms with Crippen LogP contribution < -0.4 is 0 Å². The van der Waals surface area contributed by atoms with Crippen molar-refractivity contribution in [2.45, 2.75) is 19.0 Å². The maximum atomic E-state index is 13.9. The Labute approximate surface area is 123 Å². The first-order chi connectivity index (χ1) is 8.85. The third-order valence-corrected chi connectivity index (χ3v) is 4.56. The Hall–Kier alpha value is -1.18. The van der Waals surface area contributed by atoms with Crippen molar-refractivity contribution >= 4 is 34.5 Å². The Morgan fingerprint density at radius 2 is 2.16 bits per heavy atom. The first-order valence-electron chi connectivity index (χ1n) is 5.82. The number of likely N-dealkylation sites (tertiary alicyclic amines) is 1. The zero-order valence-electron chi connectivity index (χ0n) is 10.3. The van der Waals surface area contributed by atoms with Gasteiger partial charge in [0.2, 0.25) is 5.67 Å². The van der Waals surface area contributed by atoms with Gasteiger partial charge in [-0.3, -0.25) is 4.79 Å². The summed E-state index contributed by atoms with van der Waals surface area (Å²) in [5.41, 5.74) is -0.979. The van der Waals surface area contributed by atoms with Gasteiger partial charge in [-0.05, 0) is 47.2 Å². The summed E-state index contributed by atoms with van der Waals surface area (Å²) in [6.07, 6.45) is -0.156. The zero-order chi connectivity index (χ0) is 14.2. The highest BCUT2D eigenvalue weighted by atomic mass is 127. The predicted molar refractivity (Wildman–Crippen MR) is 75.9 cm³/mol. The van der Waals surface area contributed by atoms with Crippen LogP contribution in [0, 0.1) is 10.5 Å². The minimum Gasteiger partial charge on any atom is -0.479 e.